The van der Waals surface area contributed by atoms with Gasteiger partial charge in [-0.05, 0) is 45.7 Å². The summed E-state index contributed by atoms with van der Waals surface area (Å²) >= 11 is 0. The van der Waals surface area contributed by atoms with E-state index in [1.807, 2.05) is 6.92 Å². The maximum Gasteiger partial charge on any atom is 0.0925 e. The molecular formula is C11H21N3. The molecule has 2 saturated heterocycles. The topological polar surface area (TPSA) is 30.3 Å². The molecule has 2 atom stereocenters. The van der Waals surface area contributed by atoms with Crippen LogP contribution in [-0.4, -0.2) is 48.4 Å². The van der Waals surface area contributed by atoms with Crippen LogP contribution in [0.1, 0.15) is 26.2 Å². The van der Waals surface area contributed by atoms with Gasteiger partial charge in [-0.25, -0.2) is 0 Å². The molecule has 3 heteroatoms. The summed E-state index contributed by atoms with van der Waals surface area (Å²) in [5, 5.41) is 7.66. The monoisotopic (exact) mass is 195 g/mol. The summed E-state index contributed by atoms with van der Waals surface area (Å²) in [7, 11) is 2.25. The average molecular weight is 195 g/mol. The van der Waals surface area contributed by atoms with Gasteiger partial charge in [0.15, 0.2) is 0 Å². The van der Waals surface area contributed by atoms with Crippen LogP contribution in [0.2, 0.25) is 0 Å². The van der Waals surface area contributed by atoms with Gasteiger partial charge in [0.1, 0.15) is 0 Å². The number of rotatable bonds is 0. The molecule has 2 aliphatic heterocycles. The van der Waals surface area contributed by atoms with Gasteiger partial charge in [0.2, 0.25) is 0 Å². The fraction of sp³-hybridized carbons (Fsp3) is 0.909. The number of hydrogen-bond donors (Lipinski definition) is 1. The van der Waals surface area contributed by atoms with Gasteiger partial charge in [0.05, 0.1) is 5.84 Å². The lowest BCUT2D eigenvalue weighted by molar-refractivity contribution is 0.0628. The van der Waals surface area contributed by atoms with E-state index in [1.54, 1.807) is 0 Å². The van der Waals surface area contributed by atoms with Gasteiger partial charge in [0, 0.05) is 19.1 Å². The predicted octanol–water partition coefficient (Wildman–Crippen LogP) is 1.40. The molecule has 0 aromatic carbocycles. The Morgan fingerprint density at radius 1 is 1.29 bits per heavy atom. The van der Waals surface area contributed by atoms with E-state index in [4.69, 9.17) is 5.41 Å². The molecule has 1 N–H and O–H groups in total. The molecule has 0 spiro atoms. The van der Waals surface area contributed by atoms with E-state index in [2.05, 4.69) is 16.8 Å². The van der Waals surface area contributed by atoms with Crippen LogP contribution in [0.3, 0.4) is 0 Å². The molecular weight excluding hydrogens is 174 g/mol. The van der Waals surface area contributed by atoms with Crippen molar-refractivity contribution in [2.45, 2.75) is 32.2 Å². The van der Waals surface area contributed by atoms with Gasteiger partial charge in [-0.1, -0.05) is 0 Å². The Morgan fingerprint density at radius 2 is 2.07 bits per heavy atom. The van der Waals surface area contributed by atoms with Crippen LogP contribution in [0.15, 0.2) is 0 Å². The lowest BCUT2D eigenvalue weighted by atomic mass is 9.84. The van der Waals surface area contributed by atoms with Gasteiger partial charge in [-0.15, -0.1) is 0 Å². The maximum atomic E-state index is 7.66. The van der Waals surface area contributed by atoms with Gasteiger partial charge in [-0.3, -0.25) is 5.41 Å². The minimum Gasteiger partial charge on any atom is -0.360 e. The van der Waals surface area contributed by atoms with Gasteiger partial charge < -0.3 is 9.80 Å². The average Bonchev–Trinajstić information content (AvgIpc) is 2.17. The standard InChI is InChI=1S/C11H21N3/c1-9(12)14-7-5-11-10(8-14)4-3-6-13(11)2/h10-12H,3-8H2,1-2H3. The first-order valence-electron chi connectivity index (χ1n) is 5.69. The molecule has 3 nitrogen and oxygen atoms in total. The van der Waals surface area contributed by atoms with E-state index in [0.717, 1.165) is 30.9 Å². The van der Waals surface area contributed by atoms with Crippen molar-refractivity contribution in [1.29, 1.82) is 5.41 Å². The van der Waals surface area contributed by atoms with Crippen molar-refractivity contribution in [2.75, 3.05) is 26.7 Å². The first-order valence-corrected chi connectivity index (χ1v) is 5.69. The Labute approximate surface area is 86.6 Å². The number of fused-ring (bicyclic) bond motifs is 1. The second kappa shape index (κ2) is 3.89. The van der Waals surface area contributed by atoms with Crippen molar-refractivity contribution in [1.82, 2.24) is 9.80 Å². The van der Waals surface area contributed by atoms with Crippen molar-refractivity contribution in [3.8, 4) is 0 Å². The molecule has 0 saturated carbocycles. The van der Waals surface area contributed by atoms with E-state index < -0.39 is 0 Å². The number of likely N-dealkylation sites (tertiary alicyclic amines) is 2. The molecule has 0 bridgehead atoms. The largest absolute Gasteiger partial charge is 0.360 e. The van der Waals surface area contributed by atoms with Crippen molar-refractivity contribution in [3.05, 3.63) is 0 Å². The number of piperidine rings is 2. The third kappa shape index (κ3) is 1.78. The van der Waals surface area contributed by atoms with Crippen LogP contribution in [0.5, 0.6) is 0 Å². The lowest BCUT2D eigenvalue weighted by Gasteiger charge is -2.46. The SMILES string of the molecule is CC(=N)N1CCC2C(CCCN2C)C1. The normalized spacial score (nSPS) is 34.0. The third-order valence-corrected chi connectivity index (χ3v) is 3.82. The van der Waals surface area contributed by atoms with Crippen LogP contribution in [0.25, 0.3) is 0 Å². The summed E-state index contributed by atoms with van der Waals surface area (Å²) in [6.45, 7) is 5.38. The zero-order valence-corrected chi connectivity index (χ0v) is 9.29. The van der Waals surface area contributed by atoms with E-state index in [9.17, 15) is 0 Å². The Hall–Kier alpha value is -0.570. The molecule has 14 heavy (non-hydrogen) atoms. The van der Waals surface area contributed by atoms with E-state index >= 15 is 0 Å². The lowest BCUT2D eigenvalue weighted by Crippen LogP contribution is -2.53. The number of nitrogens with zero attached hydrogens (tertiary/aromatic N) is 2. The summed E-state index contributed by atoms with van der Waals surface area (Å²) in [5.41, 5.74) is 0. The summed E-state index contributed by atoms with van der Waals surface area (Å²) in [6.07, 6.45) is 3.94. The van der Waals surface area contributed by atoms with Crippen LogP contribution in [-0.2, 0) is 0 Å². The van der Waals surface area contributed by atoms with Crippen LogP contribution in [0.4, 0.5) is 0 Å². The number of hydrogen-bond acceptors (Lipinski definition) is 2. The summed E-state index contributed by atoms with van der Waals surface area (Å²) in [5.74, 6) is 1.56. The highest BCUT2D eigenvalue weighted by atomic mass is 15.2. The van der Waals surface area contributed by atoms with Crippen molar-refractivity contribution < 1.29 is 0 Å². The molecule has 2 aliphatic rings. The molecule has 0 aliphatic carbocycles. The first-order chi connectivity index (χ1) is 6.68. The molecule has 0 aromatic rings. The molecule has 2 fully saturated rings. The minimum atomic E-state index is 0.747. The fourth-order valence-electron chi connectivity index (χ4n) is 2.96. The Morgan fingerprint density at radius 3 is 2.79 bits per heavy atom. The smallest absolute Gasteiger partial charge is 0.0925 e. The molecule has 2 unspecified atom stereocenters. The number of amidine groups is 1. The zero-order chi connectivity index (χ0) is 10.1. The molecule has 0 amide bonds. The van der Waals surface area contributed by atoms with Crippen molar-refractivity contribution >= 4 is 5.84 Å². The van der Waals surface area contributed by atoms with E-state index in [1.165, 1.54) is 25.8 Å². The summed E-state index contributed by atoms with van der Waals surface area (Å²) < 4.78 is 0. The maximum absolute atomic E-state index is 7.66. The van der Waals surface area contributed by atoms with Crippen LogP contribution in [0, 0.1) is 11.3 Å². The Kier molecular flexibility index (Phi) is 2.77. The second-order valence-electron chi connectivity index (χ2n) is 4.77. The minimum absolute atomic E-state index is 0.747. The van der Waals surface area contributed by atoms with Crippen LogP contribution >= 0.6 is 0 Å². The second-order valence-corrected chi connectivity index (χ2v) is 4.77. The van der Waals surface area contributed by atoms with Crippen molar-refractivity contribution in [2.24, 2.45) is 5.92 Å². The van der Waals surface area contributed by atoms with Gasteiger partial charge >= 0.3 is 0 Å². The predicted molar refractivity (Wildman–Crippen MR) is 58.7 cm³/mol. The first kappa shape index (κ1) is 9.97. The summed E-state index contributed by atoms with van der Waals surface area (Å²) in [6, 6.07) is 0.791. The highest BCUT2D eigenvalue weighted by Gasteiger charge is 2.34. The highest BCUT2D eigenvalue weighted by molar-refractivity contribution is 5.76. The van der Waals surface area contributed by atoms with Crippen molar-refractivity contribution in [3.63, 3.8) is 0 Å². The molecule has 2 heterocycles. The molecule has 2 rings (SSSR count). The Bertz CT molecular complexity index is 227. The quantitative estimate of drug-likeness (QED) is 0.468. The molecule has 0 aromatic heterocycles. The van der Waals surface area contributed by atoms with Gasteiger partial charge in [-0.2, -0.15) is 0 Å². The van der Waals surface area contributed by atoms with E-state index in [0.29, 0.717) is 0 Å². The fourth-order valence-corrected chi connectivity index (χ4v) is 2.96. The molecule has 80 valence electrons. The summed E-state index contributed by atoms with van der Waals surface area (Å²) in [4.78, 5) is 4.76. The molecule has 0 radical (unpaired) electrons. The van der Waals surface area contributed by atoms with Gasteiger partial charge in [0.25, 0.3) is 0 Å². The third-order valence-electron chi connectivity index (χ3n) is 3.82. The van der Waals surface area contributed by atoms with E-state index in [-0.39, 0.29) is 0 Å². The number of nitrogens with one attached hydrogen (secondary N) is 1. The van der Waals surface area contributed by atoms with Crippen LogP contribution < -0.4 is 0 Å². The zero-order valence-electron chi connectivity index (χ0n) is 9.29. The highest BCUT2D eigenvalue weighted by Crippen LogP contribution is 2.29. The Balaban J connectivity index is 1.99.